The highest BCUT2D eigenvalue weighted by molar-refractivity contribution is 6.06. The van der Waals surface area contributed by atoms with E-state index in [4.69, 9.17) is 13.8 Å². The van der Waals surface area contributed by atoms with Crippen molar-refractivity contribution in [2.75, 3.05) is 20.1 Å². The number of aromatic nitrogens is 3. The van der Waals surface area contributed by atoms with E-state index in [1.165, 1.54) is 0 Å². The first-order chi connectivity index (χ1) is 16.8. The Morgan fingerprint density at radius 1 is 1.23 bits per heavy atom. The number of likely N-dealkylation sites (tertiary alicyclic amines) is 1. The van der Waals surface area contributed by atoms with E-state index < -0.39 is 0 Å². The number of fused-ring (bicyclic) bond motifs is 1. The van der Waals surface area contributed by atoms with Gasteiger partial charge in [-0.1, -0.05) is 0 Å². The number of aryl methyl sites for hydroxylation is 2. The third kappa shape index (κ3) is 4.50. The molecule has 8 heteroatoms. The van der Waals surface area contributed by atoms with Crippen LogP contribution in [0, 0.1) is 13.8 Å². The lowest BCUT2D eigenvalue weighted by Crippen LogP contribution is -2.46. The molecular weight excluding hydrogens is 442 g/mol. The highest BCUT2D eigenvalue weighted by Gasteiger charge is 2.31. The van der Waals surface area contributed by atoms with Gasteiger partial charge in [-0.2, -0.15) is 5.10 Å². The van der Waals surface area contributed by atoms with Gasteiger partial charge in [-0.05, 0) is 84.9 Å². The molecule has 8 nitrogen and oxygen atoms in total. The van der Waals surface area contributed by atoms with Gasteiger partial charge in [-0.25, -0.2) is 9.67 Å². The summed E-state index contributed by atoms with van der Waals surface area (Å²) in [6, 6.07) is 7.92. The molecule has 1 amide bonds. The van der Waals surface area contributed by atoms with Crippen molar-refractivity contribution in [2.45, 2.75) is 59.2 Å². The Morgan fingerprint density at radius 2 is 2.00 bits per heavy atom. The Morgan fingerprint density at radius 3 is 2.63 bits per heavy atom. The van der Waals surface area contributed by atoms with Gasteiger partial charge in [0.15, 0.2) is 5.65 Å². The van der Waals surface area contributed by atoms with E-state index in [9.17, 15) is 4.79 Å². The fraction of sp³-hybridized carbons (Fsp3) is 0.444. The van der Waals surface area contributed by atoms with Crippen molar-refractivity contribution in [3.63, 3.8) is 0 Å². The lowest BCUT2D eigenvalue weighted by Gasteiger charge is -2.37. The second-order valence-electron chi connectivity index (χ2n) is 9.85. The van der Waals surface area contributed by atoms with Crippen LogP contribution in [-0.4, -0.2) is 56.7 Å². The summed E-state index contributed by atoms with van der Waals surface area (Å²) in [6.45, 7) is 10.3. The number of nitrogens with zero attached hydrogens (tertiary/aromatic N) is 5. The van der Waals surface area contributed by atoms with Crippen LogP contribution < -0.4 is 0 Å². The third-order valence-electron chi connectivity index (χ3n) is 6.90. The van der Waals surface area contributed by atoms with Gasteiger partial charge >= 0.3 is 0 Å². The van der Waals surface area contributed by atoms with Crippen LogP contribution in [-0.2, 0) is 6.54 Å². The first-order valence-corrected chi connectivity index (χ1v) is 12.3. The minimum Gasteiger partial charge on any atom is -0.467 e. The number of carbonyl (C=O) groups excluding carboxylic acids is 1. The van der Waals surface area contributed by atoms with Gasteiger partial charge < -0.3 is 18.6 Å². The van der Waals surface area contributed by atoms with Gasteiger partial charge in [0.25, 0.3) is 5.91 Å². The quantitative estimate of drug-likeness (QED) is 0.380. The van der Waals surface area contributed by atoms with Crippen molar-refractivity contribution in [3.8, 4) is 11.3 Å². The molecule has 0 bridgehead atoms. The predicted molar refractivity (Wildman–Crippen MR) is 134 cm³/mol. The molecule has 1 fully saturated rings. The Labute approximate surface area is 205 Å². The van der Waals surface area contributed by atoms with Gasteiger partial charge in [-0.15, -0.1) is 0 Å². The summed E-state index contributed by atoms with van der Waals surface area (Å²) in [7, 11) is 2.13. The van der Waals surface area contributed by atoms with Crippen molar-refractivity contribution in [2.24, 2.45) is 0 Å². The number of piperidine rings is 1. The Balaban J connectivity index is 1.63. The molecule has 0 unspecified atom stereocenters. The van der Waals surface area contributed by atoms with Crippen LogP contribution in [0.4, 0.5) is 0 Å². The zero-order chi connectivity index (χ0) is 24.7. The lowest BCUT2D eigenvalue weighted by molar-refractivity contribution is 0.0552. The zero-order valence-corrected chi connectivity index (χ0v) is 21.1. The molecule has 4 aromatic rings. The molecule has 5 rings (SSSR count). The van der Waals surface area contributed by atoms with Crippen molar-refractivity contribution < 1.29 is 13.6 Å². The molecule has 35 heavy (non-hydrogen) atoms. The molecule has 1 aliphatic heterocycles. The predicted octanol–water partition coefficient (Wildman–Crippen LogP) is 5.22. The van der Waals surface area contributed by atoms with E-state index in [2.05, 4.69) is 30.9 Å². The largest absolute Gasteiger partial charge is 0.467 e. The molecular formula is C27H33N5O3. The van der Waals surface area contributed by atoms with Crippen molar-refractivity contribution in [3.05, 3.63) is 59.6 Å². The molecule has 0 saturated carbocycles. The first-order valence-electron chi connectivity index (χ1n) is 12.3. The molecule has 0 aliphatic carbocycles. The highest BCUT2D eigenvalue weighted by atomic mass is 16.3. The maximum absolute atomic E-state index is 14.3. The number of amides is 1. The molecule has 0 spiro atoms. The average Bonchev–Trinajstić information content (AvgIpc) is 3.57. The first kappa shape index (κ1) is 23.4. The average molecular weight is 476 g/mol. The number of pyridine rings is 1. The van der Waals surface area contributed by atoms with E-state index in [-0.39, 0.29) is 18.0 Å². The maximum Gasteiger partial charge on any atom is 0.255 e. The van der Waals surface area contributed by atoms with Gasteiger partial charge in [0.2, 0.25) is 0 Å². The SMILES string of the molecule is Cc1cc(-c2cc(C(=O)N(Cc3ccco3)C3CCN(C)CC3)c3cnn(C(C)C)c3n2)c(C)o1. The second-order valence-corrected chi connectivity index (χ2v) is 9.85. The van der Waals surface area contributed by atoms with Crippen LogP contribution in [0.15, 0.2) is 45.6 Å². The third-order valence-corrected chi connectivity index (χ3v) is 6.90. The summed E-state index contributed by atoms with van der Waals surface area (Å²) < 4.78 is 13.3. The number of carbonyl (C=O) groups is 1. The molecule has 4 aromatic heterocycles. The van der Waals surface area contributed by atoms with E-state index >= 15 is 0 Å². The van der Waals surface area contributed by atoms with E-state index in [0.29, 0.717) is 17.8 Å². The van der Waals surface area contributed by atoms with Crippen molar-refractivity contribution in [1.82, 2.24) is 24.6 Å². The Bertz CT molecular complexity index is 1330. The van der Waals surface area contributed by atoms with Crippen LogP contribution in [0.3, 0.4) is 0 Å². The number of hydrogen-bond donors (Lipinski definition) is 0. The minimum atomic E-state index is -0.0224. The van der Waals surface area contributed by atoms with Crippen LogP contribution in [0.25, 0.3) is 22.3 Å². The summed E-state index contributed by atoms with van der Waals surface area (Å²) >= 11 is 0. The summed E-state index contributed by atoms with van der Waals surface area (Å²) in [6.07, 6.45) is 5.28. The molecule has 0 radical (unpaired) electrons. The zero-order valence-electron chi connectivity index (χ0n) is 21.1. The van der Waals surface area contributed by atoms with E-state index in [0.717, 1.165) is 59.9 Å². The van der Waals surface area contributed by atoms with Crippen LogP contribution in [0.5, 0.6) is 0 Å². The van der Waals surface area contributed by atoms with Crippen LogP contribution >= 0.6 is 0 Å². The maximum atomic E-state index is 14.3. The van der Waals surface area contributed by atoms with Crippen molar-refractivity contribution in [1.29, 1.82) is 0 Å². The standard InChI is InChI=1S/C27H33N5O3/c1-17(2)32-26-24(15-28-32)23(14-25(29-26)22-13-18(3)35-19(22)4)27(33)31(16-21-7-6-12-34-21)20-8-10-30(5)11-9-20/h6-7,12-15,17,20H,8-11,16H2,1-5H3. The normalized spacial score (nSPS) is 15.4. The van der Waals surface area contributed by atoms with Gasteiger partial charge in [0.1, 0.15) is 17.3 Å². The van der Waals surface area contributed by atoms with Crippen LogP contribution in [0.1, 0.15) is 60.4 Å². The summed E-state index contributed by atoms with van der Waals surface area (Å²) in [5, 5.41) is 5.36. The minimum absolute atomic E-state index is 0.0224. The van der Waals surface area contributed by atoms with E-state index in [1.807, 2.05) is 47.7 Å². The number of hydrogen-bond acceptors (Lipinski definition) is 6. The monoisotopic (exact) mass is 475 g/mol. The van der Waals surface area contributed by atoms with Gasteiger partial charge in [0.05, 0.1) is 35.6 Å². The smallest absolute Gasteiger partial charge is 0.255 e. The molecule has 184 valence electrons. The lowest BCUT2D eigenvalue weighted by atomic mass is 10.0. The topological polar surface area (TPSA) is 80.5 Å². The molecule has 0 aromatic carbocycles. The van der Waals surface area contributed by atoms with Crippen LogP contribution in [0.2, 0.25) is 0 Å². The fourth-order valence-corrected chi connectivity index (χ4v) is 4.99. The Kier molecular flexibility index (Phi) is 6.23. The molecule has 0 atom stereocenters. The highest BCUT2D eigenvalue weighted by Crippen LogP contribution is 2.32. The number of furan rings is 2. The van der Waals surface area contributed by atoms with E-state index in [1.54, 1.807) is 12.5 Å². The molecule has 5 heterocycles. The molecule has 1 saturated heterocycles. The number of rotatable bonds is 6. The van der Waals surface area contributed by atoms with Gasteiger partial charge in [0, 0.05) is 17.6 Å². The molecule has 0 N–H and O–H groups in total. The molecule has 1 aliphatic rings. The van der Waals surface area contributed by atoms with Gasteiger partial charge in [-0.3, -0.25) is 4.79 Å². The summed E-state index contributed by atoms with van der Waals surface area (Å²) in [5.74, 6) is 2.36. The fourth-order valence-electron chi connectivity index (χ4n) is 4.99. The second kappa shape index (κ2) is 9.34. The summed E-state index contributed by atoms with van der Waals surface area (Å²) in [4.78, 5) is 23.5. The Hall–Kier alpha value is -3.39. The summed E-state index contributed by atoms with van der Waals surface area (Å²) in [5.41, 5.74) is 2.94. The van der Waals surface area contributed by atoms with Crippen molar-refractivity contribution >= 4 is 16.9 Å².